The Morgan fingerprint density at radius 3 is 2.83 bits per heavy atom. The average Bonchev–Trinajstić information content (AvgIpc) is 3.06. The first kappa shape index (κ1) is 20.6. The number of nitrogens with one attached hydrogen (secondary N) is 2. The minimum Gasteiger partial charge on any atom is -0.503 e. The number of phenolic OH excluding ortho intramolecular Hbond substituents is 1. The lowest BCUT2D eigenvalue weighted by Gasteiger charge is -2.08. The van der Waals surface area contributed by atoms with Crippen LogP contribution in [-0.4, -0.2) is 51.2 Å². The van der Waals surface area contributed by atoms with Crippen LogP contribution in [0, 0.1) is 0 Å². The summed E-state index contributed by atoms with van der Waals surface area (Å²) in [5.41, 5.74) is 2.78. The van der Waals surface area contributed by atoms with Crippen LogP contribution in [0.25, 0.3) is 11.2 Å². The minimum atomic E-state index is -0.560. The molecule has 0 fully saturated rings. The fraction of sp³-hybridized carbons (Fsp3) is 0.294. The molecule has 0 amide bonds. The number of aromatic amines is 1. The number of nitrogens with zero attached hydrogens (tertiary/aromatic N) is 4. The fourth-order valence-electron chi connectivity index (χ4n) is 2.71. The van der Waals surface area contributed by atoms with Crippen LogP contribution in [0.5, 0.6) is 11.5 Å². The summed E-state index contributed by atoms with van der Waals surface area (Å²) in [6.45, 7) is 0.652. The lowest BCUT2D eigenvalue weighted by molar-refractivity contribution is 0.188. The topological polar surface area (TPSA) is 136 Å². The maximum Gasteiger partial charge on any atom is 0.329 e. The van der Waals surface area contributed by atoms with Gasteiger partial charge in [0.1, 0.15) is 0 Å². The number of hydrogen-bond donors (Lipinski definition) is 3. The first-order valence-corrected chi connectivity index (χ1v) is 9.20. The Morgan fingerprint density at radius 2 is 2.14 bits per heavy atom. The van der Waals surface area contributed by atoms with Crippen molar-refractivity contribution in [1.29, 1.82) is 0 Å². The molecule has 2 aromatic heterocycles. The van der Waals surface area contributed by atoms with Gasteiger partial charge in [-0.25, -0.2) is 10.2 Å². The second-order valence-electron chi connectivity index (χ2n) is 5.99. The average molecular weight is 467 g/mol. The number of imidazole rings is 1. The van der Waals surface area contributed by atoms with Gasteiger partial charge in [0, 0.05) is 20.7 Å². The quantitative estimate of drug-likeness (QED) is 0.348. The zero-order valence-electron chi connectivity index (χ0n) is 15.9. The van der Waals surface area contributed by atoms with Crippen molar-refractivity contribution in [2.24, 2.45) is 12.1 Å². The molecular formula is C17H19BrN6O5. The maximum atomic E-state index is 12.3. The third-order valence-corrected chi connectivity index (χ3v) is 4.78. The molecule has 3 aromatic rings. The van der Waals surface area contributed by atoms with Crippen LogP contribution in [0.1, 0.15) is 5.56 Å². The monoisotopic (exact) mass is 466 g/mol. The minimum absolute atomic E-state index is 0.0147. The Kier molecular flexibility index (Phi) is 6.03. The van der Waals surface area contributed by atoms with Gasteiger partial charge >= 0.3 is 5.69 Å². The molecule has 3 N–H and O–H groups in total. The van der Waals surface area contributed by atoms with Crippen LogP contribution < -0.4 is 21.4 Å². The number of H-pyrrole nitrogens is 1. The van der Waals surface area contributed by atoms with Gasteiger partial charge in [0.05, 0.1) is 24.4 Å². The van der Waals surface area contributed by atoms with Crippen LogP contribution in [0.3, 0.4) is 0 Å². The summed E-state index contributed by atoms with van der Waals surface area (Å²) in [6, 6.07) is 3.26. The Bertz CT molecular complexity index is 1200. The molecule has 29 heavy (non-hydrogen) atoms. The number of methoxy groups -OCH3 is 2. The van der Waals surface area contributed by atoms with Crippen LogP contribution in [0.15, 0.2) is 31.3 Å². The van der Waals surface area contributed by atoms with Crippen LogP contribution >= 0.6 is 15.9 Å². The highest BCUT2D eigenvalue weighted by Crippen LogP contribution is 2.34. The summed E-state index contributed by atoms with van der Waals surface area (Å²) in [4.78, 5) is 30.8. The van der Waals surface area contributed by atoms with Gasteiger partial charge in [-0.15, -0.1) is 0 Å². The molecule has 154 valence electrons. The molecule has 0 unspecified atom stereocenters. The number of aromatic hydroxyl groups is 1. The number of halogens is 1. The molecule has 0 radical (unpaired) electrons. The Hall–Kier alpha value is -3.12. The summed E-state index contributed by atoms with van der Waals surface area (Å²) in [6.07, 6.45) is 1.50. The van der Waals surface area contributed by atoms with Crippen molar-refractivity contribution in [3.05, 3.63) is 43.0 Å². The molecule has 0 atom stereocenters. The van der Waals surface area contributed by atoms with E-state index < -0.39 is 11.2 Å². The predicted molar refractivity (Wildman–Crippen MR) is 111 cm³/mol. The van der Waals surface area contributed by atoms with Crippen molar-refractivity contribution in [2.75, 3.05) is 26.3 Å². The van der Waals surface area contributed by atoms with Gasteiger partial charge in [0.25, 0.3) is 5.56 Å². The third-order valence-electron chi connectivity index (χ3n) is 4.17. The maximum absolute atomic E-state index is 12.3. The molecule has 12 heteroatoms. The van der Waals surface area contributed by atoms with Gasteiger partial charge in [0.15, 0.2) is 22.7 Å². The smallest absolute Gasteiger partial charge is 0.329 e. The van der Waals surface area contributed by atoms with E-state index in [2.05, 4.69) is 36.4 Å². The number of hydrogen-bond acceptors (Lipinski definition) is 8. The van der Waals surface area contributed by atoms with E-state index in [1.165, 1.54) is 24.9 Å². The van der Waals surface area contributed by atoms with Crippen molar-refractivity contribution in [1.82, 2.24) is 19.1 Å². The van der Waals surface area contributed by atoms with Crippen LogP contribution in [0.2, 0.25) is 0 Å². The third kappa shape index (κ3) is 4.03. The highest BCUT2D eigenvalue weighted by atomic mass is 79.9. The summed E-state index contributed by atoms with van der Waals surface area (Å²) in [7, 11) is 4.50. The number of phenols is 1. The molecule has 0 aliphatic carbocycles. The molecule has 1 aromatic carbocycles. The zero-order valence-corrected chi connectivity index (χ0v) is 17.5. The predicted octanol–water partition coefficient (Wildman–Crippen LogP) is 0.992. The fourth-order valence-corrected chi connectivity index (χ4v) is 3.17. The number of rotatable bonds is 7. The van der Waals surface area contributed by atoms with Crippen molar-refractivity contribution in [3.63, 3.8) is 0 Å². The van der Waals surface area contributed by atoms with E-state index in [1.807, 2.05) is 0 Å². The molecule has 2 heterocycles. The van der Waals surface area contributed by atoms with Crippen molar-refractivity contribution >= 4 is 39.3 Å². The highest BCUT2D eigenvalue weighted by molar-refractivity contribution is 9.10. The molecule has 0 aliphatic heterocycles. The number of fused-ring (bicyclic) bond motifs is 1. The second kappa shape index (κ2) is 8.49. The van der Waals surface area contributed by atoms with Crippen molar-refractivity contribution in [3.8, 4) is 11.5 Å². The van der Waals surface area contributed by atoms with E-state index in [-0.39, 0.29) is 28.6 Å². The van der Waals surface area contributed by atoms with Gasteiger partial charge in [-0.05, 0) is 33.6 Å². The number of benzene rings is 1. The normalized spacial score (nSPS) is 11.4. The first-order chi connectivity index (χ1) is 13.9. The summed E-state index contributed by atoms with van der Waals surface area (Å²) in [5.74, 6) is 0.540. The molecule has 0 saturated carbocycles. The van der Waals surface area contributed by atoms with Gasteiger partial charge in [-0.3, -0.25) is 14.3 Å². The lowest BCUT2D eigenvalue weighted by atomic mass is 10.2. The molecule has 11 nitrogen and oxygen atoms in total. The Balaban J connectivity index is 2.00. The van der Waals surface area contributed by atoms with Gasteiger partial charge in [0.2, 0.25) is 5.95 Å². The SMILES string of the molecule is COCCn1c(NN=Cc2cc(Br)c(O)c(OC)c2)nc2c1c(=O)[nH]c(=O)n2C. The van der Waals surface area contributed by atoms with Crippen molar-refractivity contribution < 1.29 is 14.6 Å². The molecule has 0 saturated heterocycles. The molecule has 3 rings (SSSR count). The Morgan fingerprint density at radius 1 is 1.38 bits per heavy atom. The van der Waals surface area contributed by atoms with Crippen LogP contribution in [0.4, 0.5) is 5.95 Å². The van der Waals surface area contributed by atoms with E-state index in [0.29, 0.717) is 23.2 Å². The standard InChI is InChI=1S/C17H19BrN6O5/c1-23-14-12(15(26)21-17(23)27)24(4-5-28-2)16(20-14)22-19-8-9-6-10(18)13(25)11(7-9)29-3/h6-8,25H,4-5H2,1-3H3,(H,20,22)(H,21,26,27). The summed E-state index contributed by atoms with van der Waals surface area (Å²) in [5, 5.41) is 14.0. The van der Waals surface area contributed by atoms with E-state index in [4.69, 9.17) is 9.47 Å². The number of ether oxygens (including phenoxy) is 2. The van der Waals surface area contributed by atoms with E-state index in [9.17, 15) is 14.7 Å². The van der Waals surface area contributed by atoms with Crippen molar-refractivity contribution in [2.45, 2.75) is 6.54 Å². The van der Waals surface area contributed by atoms with E-state index in [0.717, 1.165) is 0 Å². The number of aromatic nitrogens is 4. The highest BCUT2D eigenvalue weighted by Gasteiger charge is 2.17. The molecule has 0 bridgehead atoms. The number of aryl methyl sites for hydroxylation is 1. The number of anilines is 1. The molecule has 0 spiro atoms. The van der Waals surface area contributed by atoms with Crippen LogP contribution in [-0.2, 0) is 18.3 Å². The zero-order chi connectivity index (χ0) is 21.1. The lowest BCUT2D eigenvalue weighted by Crippen LogP contribution is -2.29. The van der Waals surface area contributed by atoms with Gasteiger partial charge < -0.3 is 19.1 Å². The largest absolute Gasteiger partial charge is 0.503 e. The van der Waals surface area contributed by atoms with Gasteiger partial charge in [-0.1, -0.05) is 0 Å². The summed E-state index contributed by atoms with van der Waals surface area (Å²) >= 11 is 3.25. The molecular weight excluding hydrogens is 448 g/mol. The van der Waals surface area contributed by atoms with Gasteiger partial charge in [-0.2, -0.15) is 10.1 Å². The summed E-state index contributed by atoms with van der Waals surface area (Å²) < 4.78 is 13.5. The van der Waals surface area contributed by atoms with E-state index in [1.54, 1.807) is 23.8 Å². The first-order valence-electron chi connectivity index (χ1n) is 8.41. The molecule has 0 aliphatic rings. The Labute approximate surface area is 172 Å². The number of hydrazone groups is 1. The second-order valence-corrected chi connectivity index (χ2v) is 6.85. The van der Waals surface area contributed by atoms with E-state index >= 15 is 0 Å².